The Labute approximate surface area is 69.4 Å². The van der Waals surface area contributed by atoms with Crippen molar-refractivity contribution in [2.75, 3.05) is 0 Å². The minimum absolute atomic E-state index is 0.251. The zero-order chi connectivity index (χ0) is 7.90. The molecule has 1 nitrogen and oxygen atoms in total. The normalized spacial score (nSPS) is 50.7. The fourth-order valence-electron chi connectivity index (χ4n) is 3.25. The molecule has 0 radical (unpaired) electrons. The van der Waals surface area contributed by atoms with Gasteiger partial charge in [0.05, 0.1) is 0 Å². The van der Waals surface area contributed by atoms with Crippen molar-refractivity contribution in [2.45, 2.75) is 51.0 Å². The quantitative estimate of drug-likeness (QED) is 0.568. The number of hydrogen-bond acceptors (Lipinski definition) is 1. The van der Waals surface area contributed by atoms with E-state index in [0.29, 0.717) is 0 Å². The van der Waals surface area contributed by atoms with Crippen LogP contribution in [0.15, 0.2) is 0 Å². The Hall–Kier alpha value is -0.0400. The van der Waals surface area contributed by atoms with Crippen molar-refractivity contribution in [1.29, 1.82) is 0 Å². The fraction of sp³-hybridized carbons (Fsp3) is 1.00. The van der Waals surface area contributed by atoms with Crippen LogP contribution in [0.5, 0.6) is 0 Å². The molecule has 2 aliphatic carbocycles. The Kier molecular flexibility index (Phi) is 1.71. The van der Waals surface area contributed by atoms with Crippen molar-refractivity contribution >= 4 is 0 Å². The predicted octanol–water partition coefficient (Wildman–Crippen LogP) is 2.30. The van der Waals surface area contributed by atoms with Gasteiger partial charge in [0.2, 0.25) is 0 Å². The summed E-state index contributed by atoms with van der Waals surface area (Å²) in [6.07, 6.45) is 8.16. The predicted molar refractivity (Wildman–Crippen MR) is 47.3 cm³/mol. The van der Waals surface area contributed by atoms with E-state index in [1.54, 1.807) is 0 Å². The van der Waals surface area contributed by atoms with E-state index in [1.807, 2.05) is 0 Å². The maximum absolute atomic E-state index is 6.29. The first kappa shape index (κ1) is 7.60. The molecule has 3 unspecified atom stereocenters. The number of nitrogens with two attached hydrogens (primary N) is 1. The summed E-state index contributed by atoms with van der Waals surface area (Å²) in [7, 11) is 0. The molecule has 2 rings (SSSR count). The number of rotatable bonds is 0. The lowest BCUT2D eigenvalue weighted by Gasteiger charge is -2.45. The lowest BCUT2D eigenvalue weighted by molar-refractivity contribution is 0.116. The van der Waals surface area contributed by atoms with Gasteiger partial charge in [0.1, 0.15) is 0 Å². The first-order chi connectivity index (χ1) is 5.18. The molecule has 0 amide bonds. The third-order valence-corrected chi connectivity index (χ3v) is 3.47. The average Bonchev–Trinajstić information content (AvgIpc) is 1.82. The van der Waals surface area contributed by atoms with Gasteiger partial charge in [-0.3, -0.25) is 0 Å². The topological polar surface area (TPSA) is 26.0 Å². The van der Waals surface area contributed by atoms with Gasteiger partial charge in [-0.05, 0) is 37.5 Å². The molecule has 11 heavy (non-hydrogen) atoms. The molecule has 0 heterocycles. The highest BCUT2D eigenvalue weighted by molar-refractivity contribution is 4.96. The highest BCUT2D eigenvalue weighted by atomic mass is 14.8. The van der Waals surface area contributed by atoms with Gasteiger partial charge in [-0.25, -0.2) is 0 Å². The molecule has 0 aromatic rings. The van der Waals surface area contributed by atoms with Gasteiger partial charge in [0.15, 0.2) is 0 Å². The van der Waals surface area contributed by atoms with Crippen molar-refractivity contribution in [2.24, 2.45) is 17.6 Å². The van der Waals surface area contributed by atoms with Crippen LogP contribution in [-0.4, -0.2) is 5.54 Å². The van der Waals surface area contributed by atoms with Crippen LogP contribution >= 0.6 is 0 Å². The van der Waals surface area contributed by atoms with Crippen molar-refractivity contribution in [3.63, 3.8) is 0 Å². The first-order valence-corrected chi connectivity index (χ1v) is 4.97. The highest BCUT2D eigenvalue weighted by Crippen LogP contribution is 2.43. The molecule has 0 spiro atoms. The van der Waals surface area contributed by atoms with Gasteiger partial charge in [-0.2, -0.15) is 0 Å². The molecule has 2 saturated carbocycles. The molecule has 0 aromatic carbocycles. The van der Waals surface area contributed by atoms with Gasteiger partial charge < -0.3 is 5.73 Å². The smallest absolute Gasteiger partial charge is 0.0159 e. The molecule has 2 bridgehead atoms. The van der Waals surface area contributed by atoms with Crippen molar-refractivity contribution in [3.8, 4) is 0 Å². The van der Waals surface area contributed by atoms with Crippen LogP contribution in [0.3, 0.4) is 0 Å². The molecular formula is C10H19N. The van der Waals surface area contributed by atoms with E-state index >= 15 is 0 Å². The van der Waals surface area contributed by atoms with Gasteiger partial charge in [0, 0.05) is 5.54 Å². The van der Waals surface area contributed by atoms with Gasteiger partial charge >= 0.3 is 0 Å². The average molecular weight is 153 g/mol. The van der Waals surface area contributed by atoms with Crippen LogP contribution < -0.4 is 5.73 Å². The zero-order valence-electron chi connectivity index (χ0n) is 7.47. The summed E-state index contributed by atoms with van der Waals surface area (Å²) in [5.41, 5.74) is 6.54. The van der Waals surface area contributed by atoms with Crippen LogP contribution in [0.1, 0.15) is 45.4 Å². The van der Waals surface area contributed by atoms with E-state index in [9.17, 15) is 0 Å². The highest BCUT2D eigenvalue weighted by Gasteiger charge is 2.38. The first-order valence-electron chi connectivity index (χ1n) is 4.97. The summed E-state index contributed by atoms with van der Waals surface area (Å²) < 4.78 is 0. The third-order valence-electron chi connectivity index (χ3n) is 3.47. The second-order valence-electron chi connectivity index (χ2n) is 4.87. The summed E-state index contributed by atoms with van der Waals surface area (Å²) in [6.45, 7) is 2.36. The molecule has 0 saturated heterocycles. The summed E-state index contributed by atoms with van der Waals surface area (Å²) in [5.74, 6) is 1.86. The van der Waals surface area contributed by atoms with Crippen LogP contribution in [0.4, 0.5) is 0 Å². The molecular weight excluding hydrogens is 134 g/mol. The fourth-order valence-corrected chi connectivity index (χ4v) is 3.25. The standard InChI is InChI=1S/C10H19N/c1-8-5-9-3-2-4-10(11,6-8)7-9/h8-9H,2-7,11H2,1H3. The van der Waals surface area contributed by atoms with E-state index < -0.39 is 0 Å². The summed E-state index contributed by atoms with van der Waals surface area (Å²) >= 11 is 0. The Balaban J connectivity index is 2.09. The minimum atomic E-state index is 0.251. The summed E-state index contributed by atoms with van der Waals surface area (Å²) in [4.78, 5) is 0. The van der Waals surface area contributed by atoms with Crippen LogP contribution in [0, 0.1) is 11.8 Å². The Morgan fingerprint density at radius 1 is 1.36 bits per heavy atom. The Morgan fingerprint density at radius 2 is 2.18 bits per heavy atom. The summed E-state index contributed by atoms with van der Waals surface area (Å²) in [6, 6.07) is 0. The van der Waals surface area contributed by atoms with Crippen LogP contribution in [0.2, 0.25) is 0 Å². The lowest BCUT2D eigenvalue weighted by Crippen LogP contribution is -2.48. The number of hydrogen-bond donors (Lipinski definition) is 1. The molecule has 0 aromatic heterocycles. The van der Waals surface area contributed by atoms with Crippen molar-refractivity contribution < 1.29 is 0 Å². The molecule has 3 atom stereocenters. The van der Waals surface area contributed by atoms with Crippen LogP contribution in [0.25, 0.3) is 0 Å². The lowest BCUT2D eigenvalue weighted by atomic mass is 9.64. The van der Waals surface area contributed by atoms with E-state index in [4.69, 9.17) is 5.73 Å². The second kappa shape index (κ2) is 2.48. The number of fused-ring (bicyclic) bond motifs is 2. The Bertz CT molecular complexity index is 151. The van der Waals surface area contributed by atoms with E-state index in [1.165, 1.54) is 38.5 Å². The summed E-state index contributed by atoms with van der Waals surface area (Å²) in [5, 5.41) is 0. The molecule has 1 heteroatoms. The van der Waals surface area contributed by atoms with Crippen molar-refractivity contribution in [3.05, 3.63) is 0 Å². The molecule has 2 fully saturated rings. The van der Waals surface area contributed by atoms with Crippen LogP contribution in [-0.2, 0) is 0 Å². The van der Waals surface area contributed by atoms with Gasteiger partial charge in [-0.15, -0.1) is 0 Å². The largest absolute Gasteiger partial charge is 0.325 e. The molecule has 0 aliphatic heterocycles. The minimum Gasteiger partial charge on any atom is -0.325 e. The second-order valence-corrected chi connectivity index (χ2v) is 4.87. The van der Waals surface area contributed by atoms with E-state index in [0.717, 1.165) is 11.8 Å². The molecule has 2 N–H and O–H groups in total. The third kappa shape index (κ3) is 1.44. The van der Waals surface area contributed by atoms with E-state index in [2.05, 4.69) is 6.92 Å². The van der Waals surface area contributed by atoms with Gasteiger partial charge in [0.25, 0.3) is 0 Å². The SMILES string of the molecule is CC1CC2CCCC(N)(C1)C2. The van der Waals surface area contributed by atoms with E-state index in [-0.39, 0.29) is 5.54 Å². The van der Waals surface area contributed by atoms with Gasteiger partial charge in [-0.1, -0.05) is 19.8 Å². The molecule has 64 valence electrons. The van der Waals surface area contributed by atoms with Crippen molar-refractivity contribution in [1.82, 2.24) is 0 Å². The maximum atomic E-state index is 6.29. The zero-order valence-corrected chi connectivity index (χ0v) is 7.47. The molecule has 2 aliphatic rings. The maximum Gasteiger partial charge on any atom is 0.0159 e. The monoisotopic (exact) mass is 153 g/mol. The Morgan fingerprint density at radius 3 is 2.91 bits per heavy atom.